The van der Waals surface area contributed by atoms with E-state index in [1.165, 1.54) is 16.7 Å². The molecule has 0 saturated carbocycles. The summed E-state index contributed by atoms with van der Waals surface area (Å²) in [5.41, 5.74) is 0.806. The summed E-state index contributed by atoms with van der Waals surface area (Å²) in [6, 6.07) is 5.51. The minimum absolute atomic E-state index is 0.00510. The average molecular weight is 410 g/mol. The summed E-state index contributed by atoms with van der Waals surface area (Å²) in [6.45, 7) is 6.59. The van der Waals surface area contributed by atoms with Gasteiger partial charge >= 0.3 is 5.97 Å². The molecule has 146 valence electrons. The van der Waals surface area contributed by atoms with E-state index in [0.29, 0.717) is 40.3 Å². The van der Waals surface area contributed by atoms with E-state index in [4.69, 9.17) is 26.8 Å². The van der Waals surface area contributed by atoms with Crippen molar-refractivity contribution >= 4 is 46.3 Å². The van der Waals surface area contributed by atoms with Crippen LogP contribution in [-0.2, 0) is 9.59 Å². The van der Waals surface area contributed by atoms with Gasteiger partial charge in [-0.15, -0.1) is 0 Å². The van der Waals surface area contributed by atoms with Gasteiger partial charge in [-0.3, -0.25) is 14.5 Å². The Kier molecular flexibility index (Phi) is 7.67. The van der Waals surface area contributed by atoms with Gasteiger partial charge in [0.1, 0.15) is 4.32 Å². The monoisotopic (exact) mass is 409 g/mol. The number of carbonyl (C=O) groups excluding carboxylic acids is 1. The fourth-order valence-electron chi connectivity index (χ4n) is 2.47. The highest BCUT2D eigenvalue weighted by Gasteiger charge is 2.31. The molecule has 27 heavy (non-hydrogen) atoms. The van der Waals surface area contributed by atoms with E-state index in [1.54, 1.807) is 6.08 Å². The topological polar surface area (TPSA) is 76.1 Å². The number of ether oxygens (including phenoxy) is 2. The lowest BCUT2D eigenvalue weighted by Crippen LogP contribution is -2.29. The first-order valence-electron chi connectivity index (χ1n) is 8.72. The summed E-state index contributed by atoms with van der Waals surface area (Å²) in [4.78, 5) is 25.2. The molecule has 1 heterocycles. The lowest BCUT2D eigenvalue weighted by molar-refractivity contribution is -0.137. The second-order valence-electron chi connectivity index (χ2n) is 6.14. The van der Waals surface area contributed by atoms with Crippen LogP contribution in [0.25, 0.3) is 6.08 Å². The van der Waals surface area contributed by atoms with Crippen LogP contribution in [0.3, 0.4) is 0 Å². The maximum absolute atomic E-state index is 12.6. The highest BCUT2D eigenvalue weighted by atomic mass is 32.2. The van der Waals surface area contributed by atoms with Crippen molar-refractivity contribution in [2.24, 2.45) is 0 Å². The predicted octanol–water partition coefficient (Wildman–Crippen LogP) is 3.94. The molecule has 1 aromatic rings. The third-order valence-corrected chi connectivity index (χ3v) is 4.95. The molecule has 2 rings (SSSR count). The van der Waals surface area contributed by atoms with E-state index < -0.39 is 5.97 Å². The van der Waals surface area contributed by atoms with E-state index in [1.807, 2.05) is 39.0 Å². The Morgan fingerprint density at radius 1 is 1.37 bits per heavy atom. The normalized spacial score (nSPS) is 15.7. The number of nitrogens with zero attached hydrogens (tertiary/aromatic N) is 1. The summed E-state index contributed by atoms with van der Waals surface area (Å²) in [5.74, 6) is 0.195. The van der Waals surface area contributed by atoms with E-state index >= 15 is 0 Å². The maximum Gasteiger partial charge on any atom is 0.303 e. The van der Waals surface area contributed by atoms with Crippen molar-refractivity contribution in [2.75, 3.05) is 13.2 Å². The first-order valence-corrected chi connectivity index (χ1v) is 9.95. The van der Waals surface area contributed by atoms with Crippen molar-refractivity contribution in [3.63, 3.8) is 0 Å². The van der Waals surface area contributed by atoms with Crippen molar-refractivity contribution in [1.82, 2.24) is 4.90 Å². The SMILES string of the molecule is CCOc1cc(C=C2SC(=S)N(CCCC(=O)O)C2=O)ccc1OC(C)C. The van der Waals surface area contributed by atoms with E-state index in [-0.39, 0.29) is 18.4 Å². The molecule has 1 aliphatic rings. The molecule has 1 N–H and O–H groups in total. The lowest BCUT2D eigenvalue weighted by Gasteiger charge is -2.15. The molecule has 1 aromatic carbocycles. The first kappa shape index (κ1) is 21.2. The van der Waals surface area contributed by atoms with Gasteiger partial charge in [0.25, 0.3) is 5.91 Å². The van der Waals surface area contributed by atoms with Crippen LogP contribution in [0.5, 0.6) is 11.5 Å². The third kappa shape index (κ3) is 5.97. The van der Waals surface area contributed by atoms with Crippen LogP contribution in [-0.4, -0.2) is 45.5 Å². The zero-order valence-electron chi connectivity index (χ0n) is 15.6. The molecule has 1 saturated heterocycles. The highest BCUT2D eigenvalue weighted by Crippen LogP contribution is 2.35. The van der Waals surface area contributed by atoms with Crippen molar-refractivity contribution in [3.8, 4) is 11.5 Å². The molecule has 0 radical (unpaired) electrons. The Morgan fingerprint density at radius 2 is 2.11 bits per heavy atom. The number of rotatable bonds is 9. The van der Waals surface area contributed by atoms with Gasteiger partial charge in [0.05, 0.1) is 17.6 Å². The maximum atomic E-state index is 12.6. The number of amides is 1. The Labute approximate surface area is 168 Å². The van der Waals surface area contributed by atoms with Crippen LogP contribution in [0.2, 0.25) is 0 Å². The quantitative estimate of drug-likeness (QED) is 0.489. The van der Waals surface area contributed by atoms with Crippen molar-refractivity contribution < 1.29 is 24.2 Å². The standard InChI is InChI=1S/C19H23NO5S2/c1-4-24-15-10-13(7-8-14(15)25-12(2)3)11-16-18(23)20(19(26)27-16)9-5-6-17(21)22/h7-8,10-12H,4-6,9H2,1-3H3,(H,21,22). The minimum Gasteiger partial charge on any atom is -0.490 e. The number of carboxylic acid groups (broad SMARTS) is 1. The van der Waals surface area contributed by atoms with Crippen LogP contribution in [0.4, 0.5) is 0 Å². The average Bonchev–Trinajstić information content (AvgIpc) is 2.84. The number of benzene rings is 1. The molecule has 1 amide bonds. The largest absolute Gasteiger partial charge is 0.490 e. The fourth-order valence-corrected chi connectivity index (χ4v) is 3.78. The number of thiocarbonyl (C=S) groups is 1. The molecular weight excluding hydrogens is 386 g/mol. The number of carbonyl (C=O) groups is 2. The van der Waals surface area contributed by atoms with E-state index in [2.05, 4.69) is 0 Å². The smallest absolute Gasteiger partial charge is 0.303 e. The summed E-state index contributed by atoms with van der Waals surface area (Å²) in [5, 5.41) is 8.74. The number of hydrogen-bond donors (Lipinski definition) is 1. The Bertz CT molecular complexity index is 760. The Hall–Kier alpha value is -2.06. The Balaban J connectivity index is 2.17. The molecule has 0 aliphatic carbocycles. The highest BCUT2D eigenvalue weighted by molar-refractivity contribution is 8.26. The van der Waals surface area contributed by atoms with Crippen LogP contribution in [0.1, 0.15) is 39.2 Å². The molecule has 0 bridgehead atoms. The summed E-state index contributed by atoms with van der Waals surface area (Å²) in [7, 11) is 0. The van der Waals surface area contributed by atoms with E-state index in [9.17, 15) is 9.59 Å². The molecule has 1 fully saturated rings. The molecule has 8 heteroatoms. The molecule has 1 aliphatic heterocycles. The van der Waals surface area contributed by atoms with Gasteiger partial charge in [0.15, 0.2) is 11.5 Å². The van der Waals surface area contributed by atoms with Gasteiger partial charge < -0.3 is 14.6 Å². The molecular formula is C19H23NO5S2. The molecule has 0 aromatic heterocycles. The van der Waals surface area contributed by atoms with Gasteiger partial charge in [-0.25, -0.2) is 0 Å². The van der Waals surface area contributed by atoms with Crippen molar-refractivity contribution in [2.45, 2.75) is 39.7 Å². The number of hydrogen-bond acceptors (Lipinski definition) is 6. The van der Waals surface area contributed by atoms with E-state index in [0.717, 1.165) is 5.56 Å². The molecule has 6 nitrogen and oxygen atoms in total. The lowest BCUT2D eigenvalue weighted by atomic mass is 10.1. The minimum atomic E-state index is -0.886. The third-order valence-electron chi connectivity index (χ3n) is 3.57. The second-order valence-corrected chi connectivity index (χ2v) is 7.81. The van der Waals surface area contributed by atoms with Crippen LogP contribution < -0.4 is 9.47 Å². The van der Waals surface area contributed by atoms with Gasteiger partial charge in [-0.1, -0.05) is 30.0 Å². The summed E-state index contributed by atoms with van der Waals surface area (Å²) >= 11 is 6.48. The van der Waals surface area contributed by atoms with Gasteiger partial charge in [0.2, 0.25) is 0 Å². The van der Waals surface area contributed by atoms with Crippen molar-refractivity contribution in [3.05, 3.63) is 28.7 Å². The first-order chi connectivity index (χ1) is 12.8. The van der Waals surface area contributed by atoms with Gasteiger partial charge in [-0.05, 0) is 51.0 Å². The number of thioether (sulfide) groups is 1. The Morgan fingerprint density at radius 3 is 2.74 bits per heavy atom. The summed E-state index contributed by atoms with van der Waals surface area (Å²) in [6.07, 6.45) is 2.16. The van der Waals surface area contributed by atoms with Gasteiger partial charge in [0, 0.05) is 13.0 Å². The molecule has 0 spiro atoms. The fraction of sp³-hybridized carbons (Fsp3) is 0.421. The summed E-state index contributed by atoms with van der Waals surface area (Å²) < 4.78 is 11.8. The van der Waals surface area contributed by atoms with Crippen LogP contribution in [0, 0.1) is 0 Å². The van der Waals surface area contributed by atoms with Crippen molar-refractivity contribution in [1.29, 1.82) is 0 Å². The van der Waals surface area contributed by atoms with Crippen LogP contribution >= 0.6 is 24.0 Å². The molecule has 0 atom stereocenters. The molecule has 0 unspecified atom stereocenters. The van der Waals surface area contributed by atoms with Crippen LogP contribution in [0.15, 0.2) is 23.1 Å². The number of aliphatic carboxylic acids is 1. The predicted molar refractivity (Wildman–Crippen MR) is 110 cm³/mol. The second kappa shape index (κ2) is 9.75. The zero-order chi connectivity index (χ0) is 20.0. The van der Waals surface area contributed by atoms with Gasteiger partial charge in [-0.2, -0.15) is 0 Å². The number of carboxylic acids is 1. The zero-order valence-corrected chi connectivity index (χ0v) is 17.2.